The monoisotopic (exact) mass is 185 g/mol. The zero-order chi connectivity index (χ0) is 8.69. The van der Waals surface area contributed by atoms with E-state index < -0.39 is 6.43 Å². The van der Waals surface area contributed by atoms with Gasteiger partial charge in [0.2, 0.25) is 0 Å². The number of hydrogen-bond acceptors (Lipinski definition) is 3. The van der Waals surface area contributed by atoms with E-state index in [2.05, 4.69) is 12.6 Å². The molecular weight excluding hydrogens is 172 g/mol. The van der Waals surface area contributed by atoms with Gasteiger partial charge in [0.25, 0.3) is 6.43 Å². The van der Waals surface area contributed by atoms with Gasteiger partial charge in [0.1, 0.15) is 0 Å². The van der Waals surface area contributed by atoms with E-state index >= 15 is 0 Å². The van der Waals surface area contributed by atoms with Crippen molar-refractivity contribution in [3.63, 3.8) is 0 Å². The Morgan fingerprint density at radius 3 is 2.36 bits per heavy atom. The molecule has 0 aromatic heterocycles. The van der Waals surface area contributed by atoms with Crippen molar-refractivity contribution in [3.8, 4) is 0 Å². The number of aliphatic hydroxyl groups is 1. The molecule has 0 aliphatic heterocycles. The normalized spacial score (nSPS) is 11.5. The number of rotatable bonds is 6. The van der Waals surface area contributed by atoms with Crippen LogP contribution in [0, 0.1) is 0 Å². The van der Waals surface area contributed by atoms with Crippen molar-refractivity contribution in [2.24, 2.45) is 0 Å². The molecule has 2 nitrogen and oxygen atoms in total. The Kier molecular flexibility index (Phi) is 6.90. The lowest BCUT2D eigenvalue weighted by Gasteiger charge is -2.18. The molecule has 0 atom stereocenters. The van der Waals surface area contributed by atoms with Crippen molar-refractivity contribution in [1.82, 2.24) is 4.90 Å². The van der Waals surface area contributed by atoms with Crippen molar-refractivity contribution < 1.29 is 13.9 Å². The van der Waals surface area contributed by atoms with E-state index in [4.69, 9.17) is 5.11 Å². The van der Waals surface area contributed by atoms with E-state index in [0.717, 1.165) is 0 Å². The maximum Gasteiger partial charge on any atom is 0.251 e. The molecule has 0 aromatic rings. The first-order valence-electron chi connectivity index (χ1n) is 3.43. The van der Waals surface area contributed by atoms with E-state index in [1.54, 1.807) is 0 Å². The molecule has 0 amide bonds. The summed E-state index contributed by atoms with van der Waals surface area (Å²) in [6.07, 6.45) is -2.33. The van der Waals surface area contributed by atoms with E-state index in [1.807, 2.05) is 0 Å². The summed E-state index contributed by atoms with van der Waals surface area (Å²) in [7, 11) is 0. The summed E-state index contributed by atoms with van der Waals surface area (Å²) in [5.41, 5.74) is 0. The Hall–Kier alpha value is 0.130. The molecule has 0 unspecified atom stereocenters. The van der Waals surface area contributed by atoms with Gasteiger partial charge in [0, 0.05) is 18.8 Å². The van der Waals surface area contributed by atoms with Crippen LogP contribution in [0.1, 0.15) is 0 Å². The Morgan fingerprint density at radius 1 is 1.36 bits per heavy atom. The van der Waals surface area contributed by atoms with Crippen LogP contribution in [-0.2, 0) is 0 Å². The molecule has 0 aliphatic carbocycles. The molecule has 0 saturated heterocycles. The fourth-order valence-electron chi connectivity index (χ4n) is 0.772. The van der Waals surface area contributed by atoms with E-state index in [-0.39, 0.29) is 13.2 Å². The second kappa shape index (κ2) is 6.82. The molecule has 68 valence electrons. The Morgan fingerprint density at radius 2 is 2.00 bits per heavy atom. The first-order valence-corrected chi connectivity index (χ1v) is 4.06. The van der Waals surface area contributed by atoms with Crippen LogP contribution in [0.3, 0.4) is 0 Å². The molecule has 11 heavy (non-hydrogen) atoms. The number of halogens is 2. The maximum absolute atomic E-state index is 11.8. The fraction of sp³-hybridized carbons (Fsp3) is 1.00. The maximum atomic E-state index is 11.8. The van der Waals surface area contributed by atoms with Crippen molar-refractivity contribution in [3.05, 3.63) is 0 Å². The zero-order valence-electron chi connectivity index (χ0n) is 6.21. The average Bonchev–Trinajstić information content (AvgIpc) is 1.87. The minimum atomic E-state index is -2.33. The van der Waals surface area contributed by atoms with Gasteiger partial charge in [-0.3, -0.25) is 4.90 Å². The van der Waals surface area contributed by atoms with Crippen LogP contribution in [-0.4, -0.2) is 48.4 Å². The standard InChI is InChI=1S/C6H13F2NOS/c7-6(8)5-9(1-3-10)2-4-11/h6,10-11H,1-5H2. The van der Waals surface area contributed by atoms with Crippen LogP contribution in [0.15, 0.2) is 0 Å². The summed E-state index contributed by atoms with van der Waals surface area (Å²) in [6, 6.07) is 0. The molecule has 0 saturated carbocycles. The lowest BCUT2D eigenvalue weighted by atomic mass is 10.5. The van der Waals surface area contributed by atoms with Crippen LogP contribution >= 0.6 is 12.6 Å². The Labute approximate surface area is 70.6 Å². The smallest absolute Gasteiger partial charge is 0.251 e. The van der Waals surface area contributed by atoms with Crippen molar-refractivity contribution >= 4 is 12.6 Å². The zero-order valence-corrected chi connectivity index (χ0v) is 7.10. The molecule has 0 radical (unpaired) electrons. The summed E-state index contributed by atoms with van der Waals surface area (Å²) in [5.74, 6) is 0.534. The van der Waals surface area contributed by atoms with Crippen LogP contribution < -0.4 is 0 Å². The molecule has 0 aromatic carbocycles. The second-order valence-corrected chi connectivity index (χ2v) is 2.59. The third-order valence-electron chi connectivity index (χ3n) is 1.23. The van der Waals surface area contributed by atoms with Gasteiger partial charge >= 0.3 is 0 Å². The third-order valence-corrected chi connectivity index (χ3v) is 1.43. The van der Waals surface area contributed by atoms with Gasteiger partial charge in [0.05, 0.1) is 13.2 Å². The molecule has 0 heterocycles. The first kappa shape index (κ1) is 11.1. The highest BCUT2D eigenvalue weighted by Crippen LogP contribution is 1.97. The average molecular weight is 185 g/mol. The van der Waals surface area contributed by atoms with Crippen LogP contribution in [0.4, 0.5) is 8.78 Å². The molecule has 1 N–H and O–H groups in total. The Balaban J connectivity index is 3.50. The Bertz CT molecular complexity index is 88.7. The molecule has 0 aliphatic rings. The van der Waals surface area contributed by atoms with Gasteiger partial charge in [-0.25, -0.2) is 8.78 Å². The second-order valence-electron chi connectivity index (χ2n) is 2.14. The van der Waals surface area contributed by atoms with Crippen LogP contribution in [0.25, 0.3) is 0 Å². The summed E-state index contributed by atoms with van der Waals surface area (Å²) in [6.45, 7) is 0.431. The van der Waals surface area contributed by atoms with Gasteiger partial charge in [-0.05, 0) is 0 Å². The molecule has 0 rings (SSSR count). The first-order chi connectivity index (χ1) is 5.20. The van der Waals surface area contributed by atoms with Crippen molar-refractivity contribution in [2.75, 3.05) is 32.0 Å². The predicted molar refractivity (Wildman–Crippen MR) is 43.4 cm³/mol. The van der Waals surface area contributed by atoms with Crippen LogP contribution in [0.2, 0.25) is 0 Å². The number of aliphatic hydroxyl groups excluding tert-OH is 1. The molecule has 5 heteroatoms. The summed E-state index contributed by atoms with van der Waals surface area (Å²) >= 11 is 3.91. The molecular formula is C6H13F2NOS. The highest BCUT2D eigenvalue weighted by atomic mass is 32.1. The third kappa shape index (κ3) is 6.52. The minimum Gasteiger partial charge on any atom is -0.395 e. The molecule has 0 bridgehead atoms. The van der Waals surface area contributed by atoms with Crippen LogP contribution in [0.5, 0.6) is 0 Å². The number of thiol groups is 1. The largest absolute Gasteiger partial charge is 0.395 e. The topological polar surface area (TPSA) is 23.5 Å². The van der Waals surface area contributed by atoms with Gasteiger partial charge in [-0.2, -0.15) is 12.6 Å². The van der Waals surface area contributed by atoms with Gasteiger partial charge in [-0.1, -0.05) is 0 Å². The number of hydrogen-bond donors (Lipinski definition) is 2. The van der Waals surface area contributed by atoms with Crippen molar-refractivity contribution in [2.45, 2.75) is 6.43 Å². The highest BCUT2D eigenvalue weighted by molar-refractivity contribution is 7.80. The summed E-state index contributed by atoms with van der Waals surface area (Å²) in [4.78, 5) is 1.48. The number of alkyl halides is 2. The van der Waals surface area contributed by atoms with Gasteiger partial charge < -0.3 is 5.11 Å². The van der Waals surface area contributed by atoms with Gasteiger partial charge in [0.15, 0.2) is 0 Å². The predicted octanol–water partition coefficient (Wildman–Crippen LogP) is 0.476. The van der Waals surface area contributed by atoms with E-state index in [9.17, 15) is 8.78 Å². The minimum absolute atomic E-state index is 0.0828. The number of nitrogens with zero attached hydrogens (tertiary/aromatic N) is 1. The lowest BCUT2D eigenvalue weighted by molar-refractivity contribution is 0.0818. The van der Waals surface area contributed by atoms with Crippen molar-refractivity contribution in [1.29, 1.82) is 0 Å². The summed E-state index contributed by atoms with van der Waals surface area (Å²) < 4.78 is 23.6. The molecule has 0 fully saturated rings. The van der Waals surface area contributed by atoms with E-state index in [0.29, 0.717) is 18.8 Å². The van der Waals surface area contributed by atoms with E-state index in [1.165, 1.54) is 4.90 Å². The van der Waals surface area contributed by atoms with Gasteiger partial charge in [-0.15, -0.1) is 0 Å². The summed E-state index contributed by atoms with van der Waals surface area (Å²) in [5, 5.41) is 8.46. The fourth-order valence-corrected chi connectivity index (χ4v) is 1.06. The lowest BCUT2D eigenvalue weighted by Crippen LogP contribution is -2.33. The molecule has 0 spiro atoms. The highest BCUT2D eigenvalue weighted by Gasteiger charge is 2.09. The quantitative estimate of drug-likeness (QED) is 0.588. The SMILES string of the molecule is OCCN(CCS)CC(F)F.